The highest BCUT2D eigenvalue weighted by Gasteiger charge is 2.17. The Morgan fingerprint density at radius 3 is 2.71 bits per heavy atom. The molecule has 116 valence electrons. The van der Waals surface area contributed by atoms with E-state index in [0.717, 1.165) is 6.07 Å². The number of hydrogen-bond donors (Lipinski definition) is 3. The molecule has 3 N–H and O–H groups in total. The zero-order chi connectivity index (χ0) is 15.8. The average molecular weight is 314 g/mol. The summed E-state index contributed by atoms with van der Waals surface area (Å²) in [5.74, 6) is -1.38. The van der Waals surface area contributed by atoms with E-state index in [-0.39, 0.29) is 35.9 Å². The van der Waals surface area contributed by atoms with Crippen molar-refractivity contribution in [2.24, 2.45) is 0 Å². The largest absolute Gasteiger partial charge is 0.395 e. The van der Waals surface area contributed by atoms with E-state index < -0.39 is 11.7 Å². The van der Waals surface area contributed by atoms with Crippen LogP contribution in [0.1, 0.15) is 17.3 Å². The van der Waals surface area contributed by atoms with E-state index in [1.165, 1.54) is 30.0 Å². The number of carbonyl (C=O) groups is 2. The van der Waals surface area contributed by atoms with Crippen LogP contribution in [0.5, 0.6) is 0 Å². The highest BCUT2D eigenvalue weighted by atomic mass is 32.2. The molecule has 1 rings (SSSR count). The number of nitrogens with one attached hydrogen (secondary N) is 2. The maximum Gasteiger partial charge on any atom is 0.251 e. The molecule has 0 bridgehead atoms. The number of rotatable bonds is 7. The summed E-state index contributed by atoms with van der Waals surface area (Å²) >= 11 is 1.45. The van der Waals surface area contributed by atoms with Gasteiger partial charge in [-0.1, -0.05) is 6.07 Å². The minimum Gasteiger partial charge on any atom is -0.395 e. The van der Waals surface area contributed by atoms with Crippen LogP contribution in [-0.2, 0) is 4.79 Å². The first-order valence-corrected chi connectivity index (χ1v) is 7.73. The Morgan fingerprint density at radius 2 is 2.14 bits per heavy atom. The van der Waals surface area contributed by atoms with Crippen molar-refractivity contribution in [2.45, 2.75) is 18.2 Å². The summed E-state index contributed by atoms with van der Waals surface area (Å²) in [4.78, 5) is 23.4. The second-order valence-electron chi connectivity index (χ2n) is 4.51. The number of benzene rings is 1. The van der Waals surface area contributed by atoms with Crippen molar-refractivity contribution in [3.63, 3.8) is 0 Å². The third-order valence-corrected chi connectivity index (χ3v) is 4.09. The monoisotopic (exact) mass is 314 g/mol. The van der Waals surface area contributed by atoms with Gasteiger partial charge < -0.3 is 15.7 Å². The van der Waals surface area contributed by atoms with Crippen LogP contribution in [0, 0.1) is 5.82 Å². The summed E-state index contributed by atoms with van der Waals surface area (Å²) in [6.45, 7) is 1.54. The fraction of sp³-hybridized carbons (Fsp3) is 0.429. The zero-order valence-electron chi connectivity index (χ0n) is 11.9. The third-order valence-electron chi connectivity index (χ3n) is 2.93. The lowest BCUT2D eigenvalue weighted by Crippen LogP contribution is -2.45. The summed E-state index contributed by atoms with van der Waals surface area (Å²) in [7, 11) is 0. The van der Waals surface area contributed by atoms with Crippen LogP contribution < -0.4 is 10.6 Å². The maximum atomic E-state index is 13.0. The third kappa shape index (κ3) is 5.73. The van der Waals surface area contributed by atoms with Gasteiger partial charge in [-0.2, -0.15) is 11.8 Å². The molecule has 0 spiro atoms. The standard InChI is InChI=1S/C14H19FN2O3S/c1-9(12(8-18)21-2)17-13(19)7-16-14(20)10-4-3-5-11(15)6-10/h3-6,9,12,18H,7-8H2,1-2H3,(H,16,20)(H,17,19). The Balaban J connectivity index is 2.44. The SMILES string of the molecule is CSC(CO)C(C)NC(=O)CNC(=O)c1cccc(F)c1. The molecule has 2 atom stereocenters. The Morgan fingerprint density at radius 1 is 1.43 bits per heavy atom. The second kappa shape index (κ2) is 8.63. The maximum absolute atomic E-state index is 13.0. The number of carbonyl (C=O) groups excluding carboxylic acids is 2. The van der Waals surface area contributed by atoms with Gasteiger partial charge in [-0.25, -0.2) is 4.39 Å². The number of halogens is 1. The van der Waals surface area contributed by atoms with Gasteiger partial charge in [0, 0.05) is 16.9 Å². The van der Waals surface area contributed by atoms with E-state index in [0.29, 0.717) is 0 Å². The molecule has 1 aromatic rings. The van der Waals surface area contributed by atoms with Crippen molar-refractivity contribution < 1.29 is 19.1 Å². The quantitative estimate of drug-likeness (QED) is 0.695. The van der Waals surface area contributed by atoms with E-state index in [1.54, 1.807) is 6.92 Å². The van der Waals surface area contributed by atoms with Crippen molar-refractivity contribution in [3.8, 4) is 0 Å². The lowest BCUT2D eigenvalue weighted by atomic mass is 10.2. The molecule has 0 saturated heterocycles. The van der Waals surface area contributed by atoms with Crippen molar-refractivity contribution in [1.29, 1.82) is 0 Å². The van der Waals surface area contributed by atoms with E-state index in [4.69, 9.17) is 5.11 Å². The van der Waals surface area contributed by atoms with Crippen LogP contribution in [0.2, 0.25) is 0 Å². The molecule has 0 fully saturated rings. The molecule has 0 aliphatic rings. The molecule has 2 amide bonds. The minimum absolute atomic E-state index is 0.0434. The molecule has 5 nitrogen and oxygen atoms in total. The molecule has 7 heteroatoms. The summed E-state index contributed by atoms with van der Waals surface area (Å²) in [6, 6.07) is 5.02. The molecular weight excluding hydrogens is 295 g/mol. The number of hydrogen-bond acceptors (Lipinski definition) is 4. The highest BCUT2D eigenvalue weighted by Crippen LogP contribution is 2.09. The van der Waals surface area contributed by atoms with E-state index in [9.17, 15) is 14.0 Å². The topological polar surface area (TPSA) is 78.4 Å². The fourth-order valence-electron chi connectivity index (χ4n) is 1.73. The fourth-order valence-corrected chi connectivity index (χ4v) is 2.35. The molecule has 0 saturated carbocycles. The number of thioether (sulfide) groups is 1. The van der Waals surface area contributed by atoms with E-state index in [2.05, 4.69) is 10.6 Å². The molecule has 21 heavy (non-hydrogen) atoms. The first-order valence-electron chi connectivity index (χ1n) is 6.44. The Labute approximate surface area is 127 Å². The molecule has 0 heterocycles. The average Bonchev–Trinajstić information content (AvgIpc) is 2.46. The number of amides is 2. The number of aliphatic hydroxyl groups is 1. The highest BCUT2D eigenvalue weighted by molar-refractivity contribution is 7.99. The normalized spacial score (nSPS) is 13.3. The predicted octanol–water partition coefficient (Wildman–Crippen LogP) is 0.784. The van der Waals surface area contributed by atoms with Crippen LogP contribution in [0.25, 0.3) is 0 Å². The van der Waals surface area contributed by atoms with Gasteiger partial charge in [0.15, 0.2) is 0 Å². The molecule has 0 radical (unpaired) electrons. The van der Waals surface area contributed by atoms with Crippen LogP contribution in [0.15, 0.2) is 24.3 Å². The molecule has 2 unspecified atom stereocenters. The van der Waals surface area contributed by atoms with Crippen molar-refractivity contribution in [1.82, 2.24) is 10.6 Å². The van der Waals surface area contributed by atoms with Gasteiger partial charge in [-0.05, 0) is 31.4 Å². The van der Waals surface area contributed by atoms with Gasteiger partial charge in [-0.3, -0.25) is 9.59 Å². The van der Waals surface area contributed by atoms with Gasteiger partial charge in [-0.15, -0.1) is 0 Å². The van der Waals surface area contributed by atoms with Crippen LogP contribution in [-0.4, -0.2) is 47.6 Å². The van der Waals surface area contributed by atoms with Crippen LogP contribution in [0.4, 0.5) is 4.39 Å². The minimum atomic E-state index is -0.513. The molecule has 0 aliphatic heterocycles. The Bertz CT molecular complexity index is 495. The lowest BCUT2D eigenvalue weighted by molar-refractivity contribution is -0.120. The van der Waals surface area contributed by atoms with Gasteiger partial charge in [0.2, 0.25) is 5.91 Å². The molecule has 1 aromatic carbocycles. The summed E-state index contributed by atoms with van der Waals surface area (Å²) in [5.41, 5.74) is 0.160. The van der Waals surface area contributed by atoms with Crippen LogP contribution >= 0.6 is 11.8 Å². The van der Waals surface area contributed by atoms with Crippen molar-refractivity contribution in [2.75, 3.05) is 19.4 Å². The van der Waals surface area contributed by atoms with E-state index >= 15 is 0 Å². The zero-order valence-corrected chi connectivity index (χ0v) is 12.7. The lowest BCUT2D eigenvalue weighted by Gasteiger charge is -2.21. The second-order valence-corrected chi connectivity index (χ2v) is 5.58. The molecule has 0 aliphatic carbocycles. The summed E-state index contributed by atoms with van der Waals surface area (Å²) in [6.07, 6.45) is 1.84. The Kier molecular flexibility index (Phi) is 7.18. The number of aliphatic hydroxyl groups excluding tert-OH is 1. The summed E-state index contributed by atoms with van der Waals surface area (Å²) in [5, 5.41) is 14.1. The summed E-state index contributed by atoms with van der Waals surface area (Å²) < 4.78 is 13.0. The predicted molar refractivity (Wildman–Crippen MR) is 80.7 cm³/mol. The van der Waals surface area contributed by atoms with E-state index in [1.807, 2.05) is 6.26 Å². The van der Waals surface area contributed by atoms with Gasteiger partial charge in [0.1, 0.15) is 5.82 Å². The smallest absolute Gasteiger partial charge is 0.251 e. The van der Waals surface area contributed by atoms with Gasteiger partial charge in [0.05, 0.1) is 13.2 Å². The van der Waals surface area contributed by atoms with Gasteiger partial charge in [0.25, 0.3) is 5.91 Å². The van der Waals surface area contributed by atoms with Crippen LogP contribution in [0.3, 0.4) is 0 Å². The molecular formula is C14H19FN2O3S. The van der Waals surface area contributed by atoms with Gasteiger partial charge >= 0.3 is 0 Å². The van der Waals surface area contributed by atoms with Crippen molar-refractivity contribution >= 4 is 23.6 Å². The first-order chi connectivity index (χ1) is 9.97. The van der Waals surface area contributed by atoms with Crippen molar-refractivity contribution in [3.05, 3.63) is 35.6 Å². The Hall–Kier alpha value is -1.60. The first kappa shape index (κ1) is 17.5. The molecule has 0 aromatic heterocycles.